The van der Waals surface area contributed by atoms with E-state index in [0.717, 1.165) is 12.2 Å². The van der Waals surface area contributed by atoms with Crippen LogP contribution in [0, 0.1) is 5.92 Å². The highest BCUT2D eigenvalue weighted by atomic mass is 35.5. The third-order valence-electron chi connectivity index (χ3n) is 2.82. The van der Waals surface area contributed by atoms with Crippen LogP contribution in [0.3, 0.4) is 0 Å². The minimum atomic E-state index is 0.0684. The van der Waals surface area contributed by atoms with Crippen molar-refractivity contribution in [1.29, 1.82) is 0 Å². The van der Waals surface area contributed by atoms with E-state index >= 15 is 0 Å². The molecule has 1 aliphatic heterocycles. The topological polar surface area (TPSA) is 51.0 Å². The number of nitrogens with zero attached hydrogens (tertiary/aromatic N) is 4. The highest BCUT2D eigenvalue weighted by Crippen LogP contribution is 2.23. The number of aromatic nitrogens is 3. The van der Waals surface area contributed by atoms with Gasteiger partial charge in [0.2, 0.25) is 5.91 Å². The van der Waals surface area contributed by atoms with Crippen LogP contribution in [0.2, 0.25) is 0 Å². The van der Waals surface area contributed by atoms with Gasteiger partial charge in [0, 0.05) is 32.3 Å². The zero-order chi connectivity index (χ0) is 11.7. The SMILES string of the molecule is CCc1nc(N2CC(CCl)CC2=O)nn1C. The van der Waals surface area contributed by atoms with E-state index < -0.39 is 0 Å². The quantitative estimate of drug-likeness (QED) is 0.743. The van der Waals surface area contributed by atoms with Crippen molar-refractivity contribution in [2.75, 3.05) is 17.3 Å². The number of hydrogen-bond donors (Lipinski definition) is 0. The molecule has 1 saturated heterocycles. The average molecular weight is 243 g/mol. The molecule has 2 heterocycles. The van der Waals surface area contributed by atoms with E-state index in [1.165, 1.54) is 0 Å². The zero-order valence-electron chi connectivity index (χ0n) is 9.48. The van der Waals surface area contributed by atoms with E-state index in [9.17, 15) is 4.79 Å². The molecule has 1 atom stereocenters. The van der Waals surface area contributed by atoms with Crippen molar-refractivity contribution in [3.63, 3.8) is 0 Å². The predicted molar refractivity (Wildman–Crippen MR) is 61.6 cm³/mol. The van der Waals surface area contributed by atoms with Crippen molar-refractivity contribution < 1.29 is 4.79 Å². The fraction of sp³-hybridized carbons (Fsp3) is 0.700. The van der Waals surface area contributed by atoms with Crippen molar-refractivity contribution in [3.8, 4) is 0 Å². The van der Waals surface area contributed by atoms with Gasteiger partial charge in [-0.2, -0.15) is 4.98 Å². The summed E-state index contributed by atoms with van der Waals surface area (Å²) >= 11 is 5.76. The highest BCUT2D eigenvalue weighted by molar-refractivity contribution is 6.18. The molecule has 88 valence electrons. The summed E-state index contributed by atoms with van der Waals surface area (Å²) in [7, 11) is 1.84. The van der Waals surface area contributed by atoms with Crippen molar-refractivity contribution in [2.24, 2.45) is 13.0 Å². The number of hydrogen-bond acceptors (Lipinski definition) is 3. The maximum atomic E-state index is 11.7. The van der Waals surface area contributed by atoms with Crippen molar-refractivity contribution in [3.05, 3.63) is 5.82 Å². The standard InChI is InChI=1S/C10H15ClN4O/c1-3-8-12-10(13-14(8)2)15-6-7(5-11)4-9(15)16/h7H,3-6H2,1-2H3. The number of aryl methyl sites for hydroxylation is 2. The summed E-state index contributed by atoms with van der Waals surface area (Å²) in [5.41, 5.74) is 0. The Balaban J connectivity index is 2.21. The molecule has 2 rings (SSSR count). The molecule has 1 aromatic heterocycles. The molecule has 1 unspecified atom stereocenters. The van der Waals surface area contributed by atoms with Crippen LogP contribution in [0.5, 0.6) is 0 Å². The Labute approximate surface area is 99.4 Å². The molecule has 0 saturated carbocycles. The smallest absolute Gasteiger partial charge is 0.251 e. The molecule has 1 aromatic rings. The van der Waals surface area contributed by atoms with E-state index in [0.29, 0.717) is 24.8 Å². The Bertz CT molecular complexity index is 404. The lowest BCUT2D eigenvalue weighted by Gasteiger charge is -2.10. The maximum Gasteiger partial charge on any atom is 0.251 e. The fourth-order valence-electron chi connectivity index (χ4n) is 1.90. The number of carbonyl (C=O) groups excluding carboxylic acids is 1. The zero-order valence-corrected chi connectivity index (χ0v) is 10.2. The molecule has 0 radical (unpaired) electrons. The van der Waals surface area contributed by atoms with Gasteiger partial charge in [-0.05, 0) is 5.92 Å². The molecule has 0 aliphatic carbocycles. The molecule has 1 amide bonds. The minimum absolute atomic E-state index is 0.0684. The van der Waals surface area contributed by atoms with E-state index in [1.54, 1.807) is 9.58 Å². The summed E-state index contributed by atoms with van der Waals surface area (Å²) in [6, 6.07) is 0. The summed E-state index contributed by atoms with van der Waals surface area (Å²) in [5, 5.41) is 4.25. The van der Waals surface area contributed by atoms with Gasteiger partial charge >= 0.3 is 0 Å². The van der Waals surface area contributed by atoms with E-state index in [-0.39, 0.29) is 11.8 Å². The second-order valence-electron chi connectivity index (χ2n) is 4.03. The number of carbonyl (C=O) groups is 1. The first-order chi connectivity index (χ1) is 7.65. The number of rotatable bonds is 3. The van der Waals surface area contributed by atoms with Crippen LogP contribution < -0.4 is 4.90 Å². The molecular formula is C10H15ClN4O. The molecule has 16 heavy (non-hydrogen) atoms. The Morgan fingerprint density at radius 1 is 1.56 bits per heavy atom. The molecule has 0 spiro atoms. The van der Waals surface area contributed by atoms with Gasteiger partial charge in [-0.15, -0.1) is 16.7 Å². The molecule has 1 fully saturated rings. The van der Waals surface area contributed by atoms with Crippen molar-refractivity contribution in [1.82, 2.24) is 14.8 Å². The van der Waals surface area contributed by atoms with Gasteiger partial charge in [0.05, 0.1) is 0 Å². The monoisotopic (exact) mass is 242 g/mol. The molecular weight excluding hydrogens is 228 g/mol. The van der Waals surface area contributed by atoms with E-state index in [2.05, 4.69) is 10.1 Å². The number of alkyl halides is 1. The van der Waals surface area contributed by atoms with Crippen LogP contribution in [-0.2, 0) is 18.3 Å². The molecule has 5 nitrogen and oxygen atoms in total. The van der Waals surface area contributed by atoms with Gasteiger partial charge in [0.1, 0.15) is 5.82 Å². The normalized spacial score (nSPS) is 20.8. The Morgan fingerprint density at radius 3 is 2.81 bits per heavy atom. The van der Waals surface area contributed by atoms with Gasteiger partial charge in [-0.1, -0.05) is 6.92 Å². The molecule has 6 heteroatoms. The van der Waals surface area contributed by atoms with Crippen LogP contribution in [0.4, 0.5) is 5.95 Å². The Kier molecular flexibility index (Phi) is 3.14. The summed E-state index contributed by atoms with van der Waals surface area (Å²) in [4.78, 5) is 17.7. The second kappa shape index (κ2) is 4.41. The van der Waals surface area contributed by atoms with Gasteiger partial charge in [0.25, 0.3) is 5.95 Å². The third kappa shape index (κ3) is 1.91. The summed E-state index contributed by atoms with van der Waals surface area (Å²) < 4.78 is 1.72. The first-order valence-corrected chi connectivity index (χ1v) is 5.95. The van der Waals surface area contributed by atoms with Crippen molar-refractivity contribution >= 4 is 23.5 Å². The Hall–Kier alpha value is -1.10. The van der Waals surface area contributed by atoms with Gasteiger partial charge in [0.15, 0.2) is 0 Å². The lowest BCUT2D eigenvalue weighted by molar-refractivity contribution is -0.117. The van der Waals surface area contributed by atoms with Crippen LogP contribution in [-0.4, -0.2) is 33.1 Å². The van der Waals surface area contributed by atoms with Gasteiger partial charge in [-0.25, -0.2) is 0 Å². The van der Waals surface area contributed by atoms with Crippen LogP contribution in [0.25, 0.3) is 0 Å². The number of amides is 1. The van der Waals surface area contributed by atoms with Crippen LogP contribution >= 0.6 is 11.6 Å². The summed E-state index contributed by atoms with van der Waals surface area (Å²) in [5.74, 6) is 2.20. The molecule has 0 bridgehead atoms. The van der Waals surface area contributed by atoms with Gasteiger partial charge < -0.3 is 0 Å². The van der Waals surface area contributed by atoms with Crippen LogP contribution in [0.1, 0.15) is 19.2 Å². The van der Waals surface area contributed by atoms with Gasteiger partial charge in [-0.3, -0.25) is 14.4 Å². The molecule has 1 aliphatic rings. The molecule has 0 aromatic carbocycles. The second-order valence-corrected chi connectivity index (χ2v) is 4.34. The first-order valence-electron chi connectivity index (χ1n) is 5.42. The largest absolute Gasteiger partial charge is 0.279 e. The van der Waals surface area contributed by atoms with Crippen molar-refractivity contribution in [2.45, 2.75) is 19.8 Å². The highest BCUT2D eigenvalue weighted by Gasteiger charge is 2.32. The lowest BCUT2D eigenvalue weighted by Crippen LogP contribution is -2.26. The fourth-order valence-corrected chi connectivity index (χ4v) is 2.11. The molecule has 0 N–H and O–H groups in total. The number of anilines is 1. The predicted octanol–water partition coefficient (Wildman–Crippen LogP) is 0.969. The minimum Gasteiger partial charge on any atom is -0.279 e. The van der Waals surface area contributed by atoms with Crippen LogP contribution in [0.15, 0.2) is 0 Å². The lowest BCUT2D eigenvalue weighted by atomic mass is 10.2. The number of halogens is 1. The van der Waals surface area contributed by atoms with E-state index in [4.69, 9.17) is 11.6 Å². The van der Waals surface area contributed by atoms with E-state index in [1.807, 2.05) is 14.0 Å². The first kappa shape index (κ1) is 11.4. The Morgan fingerprint density at radius 2 is 2.31 bits per heavy atom. The summed E-state index contributed by atoms with van der Waals surface area (Å²) in [6.45, 7) is 2.65. The maximum absolute atomic E-state index is 11.7. The summed E-state index contributed by atoms with van der Waals surface area (Å²) in [6.07, 6.45) is 1.31. The third-order valence-corrected chi connectivity index (χ3v) is 3.26. The average Bonchev–Trinajstić information content (AvgIpc) is 2.81.